The molecule has 1 aliphatic heterocycles. The van der Waals surface area contributed by atoms with Gasteiger partial charge in [0.1, 0.15) is 5.69 Å². The van der Waals surface area contributed by atoms with Crippen LogP contribution in [-0.2, 0) is 19.0 Å². The lowest BCUT2D eigenvalue weighted by atomic mass is 9.92. The van der Waals surface area contributed by atoms with Crippen LogP contribution in [0.2, 0.25) is 0 Å². The summed E-state index contributed by atoms with van der Waals surface area (Å²) in [4.78, 5) is 17.3. The second kappa shape index (κ2) is 7.23. The van der Waals surface area contributed by atoms with E-state index in [1.54, 1.807) is 4.68 Å². The van der Waals surface area contributed by atoms with E-state index in [9.17, 15) is 4.79 Å². The molecule has 0 bridgehead atoms. The van der Waals surface area contributed by atoms with Crippen LogP contribution in [0.4, 0.5) is 0 Å². The van der Waals surface area contributed by atoms with Gasteiger partial charge in [-0.15, -0.1) is 0 Å². The quantitative estimate of drug-likeness (QED) is 0.851. The SMILES string of the molecule is Cc1ccc(CN2CCN(C(=O)c3cc(C(C)(C)C)nn3C)CC2)cc1. The Hall–Kier alpha value is -2.14. The van der Waals surface area contributed by atoms with Crippen LogP contribution >= 0.6 is 0 Å². The van der Waals surface area contributed by atoms with Crippen molar-refractivity contribution in [2.75, 3.05) is 26.2 Å². The minimum Gasteiger partial charge on any atom is -0.335 e. The molecule has 1 aromatic heterocycles. The number of aryl methyl sites for hydroxylation is 2. The zero-order valence-electron chi connectivity index (χ0n) is 16.6. The van der Waals surface area contributed by atoms with E-state index < -0.39 is 0 Å². The topological polar surface area (TPSA) is 41.4 Å². The van der Waals surface area contributed by atoms with E-state index in [-0.39, 0.29) is 11.3 Å². The number of carbonyl (C=O) groups is 1. The van der Waals surface area contributed by atoms with Crippen molar-refractivity contribution in [1.82, 2.24) is 19.6 Å². The first-order valence-corrected chi connectivity index (χ1v) is 9.36. The second-order valence-corrected chi connectivity index (χ2v) is 8.34. The molecule has 1 saturated heterocycles. The molecule has 26 heavy (non-hydrogen) atoms. The number of aromatic nitrogens is 2. The number of piperazine rings is 1. The summed E-state index contributed by atoms with van der Waals surface area (Å²) in [5.74, 6) is 0.0884. The minimum atomic E-state index is -0.0526. The Morgan fingerprint density at radius 1 is 1.08 bits per heavy atom. The molecule has 0 aliphatic carbocycles. The second-order valence-electron chi connectivity index (χ2n) is 8.34. The predicted octanol–water partition coefficient (Wildman–Crippen LogP) is 2.98. The van der Waals surface area contributed by atoms with Crippen LogP contribution in [0.15, 0.2) is 30.3 Å². The molecule has 1 fully saturated rings. The van der Waals surface area contributed by atoms with Crippen molar-refractivity contribution in [3.8, 4) is 0 Å². The molecular weight excluding hydrogens is 324 g/mol. The van der Waals surface area contributed by atoms with Crippen molar-refractivity contribution in [3.05, 3.63) is 52.8 Å². The van der Waals surface area contributed by atoms with E-state index in [2.05, 4.69) is 62.0 Å². The van der Waals surface area contributed by atoms with E-state index in [1.165, 1.54) is 11.1 Å². The highest BCUT2D eigenvalue weighted by Crippen LogP contribution is 2.22. The van der Waals surface area contributed by atoms with Crippen molar-refractivity contribution in [1.29, 1.82) is 0 Å². The van der Waals surface area contributed by atoms with E-state index in [0.29, 0.717) is 5.69 Å². The highest BCUT2D eigenvalue weighted by atomic mass is 16.2. The Balaban J connectivity index is 1.60. The summed E-state index contributed by atoms with van der Waals surface area (Å²) in [6.07, 6.45) is 0. The fourth-order valence-electron chi connectivity index (χ4n) is 3.26. The highest BCUT2D eigenvalue weighted by Gasteiger charge is 2.27. The van der Waals surface area contributed by atoms with Crippen LogP contribution in [0.1, 0.15) is 48.1 Å². The Kier molecular flexibility index (Phi) is 5.19. The van der Waals surface area contributed by atoms with Crippen LogP contribution in [0.3, 0.4) is 0 Å². The summed E-state index contributed by atoms with van der Waals surface area (Å²) < 4.78 is 1.72. The van der Waals surface area contributed by atoms with Crippen molar-refractivity contribution in [2.24, 2.45) is 7.05 Å². The molecule has 2 heterocycles. The van der Waals surface area contributed by atoms with Gasteiger partial charge in [-0.1, -0.05) is 50.6 Å². The van der Waals surface area contributed by atoms with Crippen LogP contribution in [0, 0.1) is 6.92 Å². The van der Waals surface area contributed by atoms with Gasteiger partial charge >= 0.3 is 0 Å². The first-order valence-electron chi connectivity index (χ1n) is 9.36. The number of rotatable bonds is 3. The Labute approximate surface area is 156 Å². The number of hydrogen-bond acceptors (Lipinski definition) is 3. The summed E-state index contributed by atoms with van der Waals surface area (Å²) in [7, 11) is 1.86. The number of carbonyl (C=O) groups excluding carboxylic acids is 1. The average molecular weight is 354 g/mol. The molecule has 0 radical (unpaired) electrons. The molecule has 1 amide bonds. The Morgan fingerprint density at radius 2 is 1.69 bits per heavy atom. The van der Waals surface area contributed by atoms with Gasteiger partial charge in [0.15, 0.2) is 0 Å². The van der Waals surface area contributed by atoms with Gasteiger partial charge in [0.05, 0.1) is 5.69 Å². The van der Waals surface area contributed by atoms with Crippen molar-refractivity contribution >= 4 is 5.91 Å². The van der Waals surface area contributed by atoms with Crippen LogP contribution in [0.5, 0.6) is 0 Å². The zero-order chi connectivity index (χ0) is 18.9. The van der Waals surface area contributed by atoms with Gasteiger partial charge < -0.3 is 4.90 Å². The molecule has 0 atom stereocenters. The first kappa shape index (κ1) is 18.6. The van der Waals surface area contributed by atoms with Crippen molar-refractivity contribution in [3.63, 3.8) is 0 Å². The molecule has 5 nitrogen and oxygen atoms in total. The average Bonchev–Trinajstić information content (AvgIpc) is 2.99. The fraction of sp³-hybridized carbons (Fsp3) is 0.524. The Bertz CT molecular complexity index is 762. The summed E-state index contributed by atoms with van der Waals surface area (Å²) in [5, 5.41) is 4.53. The zero-order valence-corrected chi connectivity index (χ0v) is 16.6. The third-order valence-corrected chi connectivity index (χ3v) is 5.05. The number of benzene rings is 1. The van der Waals surface area contributed by atoms with E-state index in [4.69, 9.17) is 0 Å². The maximum absolute atomic E-state index is 12.9. The predicted molar refractivity (Wildman–Crippen MR) is 104 cm³/mol. The third kappa shape index (κ3) is 4.15. The summed E-state index contributed by atoms with van der Waals surface area (Å²) in [6, 6.07) is 10.6. The molecule has 1 aliphatic rings. The summed E-state index contributed by atoms with van der Waals surface area (Å²) in [5.41, 5.74) is 4.21. The normalized spacial score (nSPS) is 16.1. The number of hydrogen-bond donors (Lipinski definition) is 0. The third-order valence-electron chi connectivity index (χ3n) is 5.05. The number of amides is 1. The fourth-order valence-corrected chi connectivity index (χ4v) is 3.26. The molecule has 1 aromatic carbocycles. The van der Waals surface area contributed by atoms with Gasteiger partial charge in [-0.05, 0) is 18.6 Å². The molecule has 140 valence electrons. The van der Waals surface area contributed by atoms with Crippen LogP contribution < -0.4 is 0 Å². The van der Waals surface area contributed by atoms with Crippen molar-refractivity contribution in [2.45, 2.75) is 39.7 Å². The molecule has 2 aromatic rings. The summed E-state index contributed by atoms with van der Waals surface area (Å²) >= 11 is 0. The van der Waals surface area contributed by atoms with Crippen LogP contribution in [0.25, 0.3) is 0 Å². The molecular formula is C21H30N4O. The Morgan fingerprint density at radius 3 is 2.23 bits per heavy atom. The van der Waals surface area contributed by atoms with Crippen LogP contribution in [-0.4, -0.2) is 51.7 Å². The van der Waals surface area contributed by atoms with Gasteiger partial charge in [0.2, 0.25) is 0 Å². The summed E-state index contributed by atoms with van der Waals surface area (Å²) in [6.45, 7) is 12.8. The molecule has 0 N–H and O–H groups in total. The highest BCUT2D eigenvalue weighted by molar-refractivity contribution is 5.92. The maximum Gasteiger partial charge on any atom is 0.272 e. The van der Waals surface area contributed by atoms with Crippen molar-refractivity contribution < 1.29 is 4.79 Å². The number of nitrogens with zero attached hydrogens (tertiary/aromatic N) is 4. The smallest absolute Gasteiger partial charge is 0.272 e. The maximum atomic E-state index is 12.9. The molecule has 3 rings (SSSR count). The molecule has 5 heteroatoms. The van der Waals surface area contributed by atoms with Gasteiger partial charge in [0, 0.05) is 45.2 Å². The molecule has 0 unspecified atom stereocenters. The lowest BCUT2D eigenvalue weighted by molar-refractivity contribution is 0.0618. The lowest BCUT2D eigenvalue weighted by Gasteiger charge is -2.34. The monoisotopic (exact) mass is 354 g/mol. The van der Waals surface area contributed by atoms with Gasteiger partial charge in [-0.25, -0.2) is 0 Å². The van der Waals surface area contributed by atoms with E-state index in [1.807, 2.05) is 18.0 Å². The van der Waals surface area contributed by atoms with Gasteiger partial charge in [0.25, 0.3) is 5.91 Å². The van der Waals surface area contributed by atoms with E-state index in [0.717, 1.165) is 38.4 Å². The first-order chi connectivity index (χ1) is 12.2. The van der Waals surface area contributed by atoms with Gasteiger partial charge in [-0.3, -0.25) is 14.4 Å². The standard InChI is InChI=1S/C21H30N4O/c1-16-6-8-17(9-7-16)15-24-10-12-25(13-11-24)20(26)18-14-19(21(2,3)4)22-23(18)5/h6-9,14H,10-13,15H2,1-5H3. The molecule has 0 spiro atoms. The van der Waals surface area contributed by atoms with Gasteiger partial charge in [-0.2, -0.15) is 5.10 Å². The largest absolute Gasteiger partial charge is 0.335 e. The minimum absolute atomic E-state index is 0.0526. The lowest BCUT2D eigenvalue weighted by Crippen LogP contribution is -2.48. The van der Waals surface area contributed by atoms with E-state index >= 15 is 0 Å². The molecule has 0 saturated carbocycles.